The van der Waals surface area contributed by atoms with Crippen molar-refractivity contribution in [3.05, 3.63) is 66.7 Å². The number of methoxy groups -OCH3 is 1. The van der Waals surface area contributed by atoms with Crippen LogP contribution in [0.1, 0.15) is 12.0 Å². The van der Waals surface area contributed by atoms with E-state index in [0.717, 1.165) is 22.4 Å². The van der Waals surface area contributed by atoms with Gasteiger partial charge in [-0.15, -0.1) is 0 Å². The summed E-state index contributed by atoms with van der Waals surface area (Å²) < 4.78 is 6.99. The van der Waals surface area contributed by atoms with Crippen molar-refractivity contribution in [1.82, 2.24) is 24.6 Å². The lowest BCUT2D eigenvalue weighted by Gasteiger charge is -2.31. The molecule has 1 aliphatic heterocycles. The predicted molar refractivity (Wildman–Crippen MR) is 124 cm³/mol. The first-order valence-electron chi connectivity index (χ1n) is 11.0. The summed E-state index contributed by atoms with van der Waals surface area (Å²) in [4.78, 5) is 33.4. The molecule has 33 heavy (non-hydrogen) atoms. The second-order valence-corrected chi connectivity index (χ2v) is 8.71. The highest BCUT2D eigenvalue weighted by molar-refractivity contribution is 5.85. The number of hydrogen-bond donors (Lipinski definition) is 0. The summed E-state index contributed by atoms with van der Waals surface area (Å²) in [6.07, 6.45) is 4.13. The summed E-state index contributed by atoms with van der Waals surface area (Å²) in [5, 5.41) is 4.01. The first kappa shape index (κ1) is 22.5. The third kappa shape index (κ3) is 4.74. The maximum atomic E-state index is 13.3. The van der Waals surface area contributed by atoms with E-state index >= 15 is 0 Å². The fraction of sp³-hybridized carbons (Fsp3) is 0.360. The van der Waals surface area contributed by atoms with Crippen LogP contribution in [-0.2, 0) is 22.6 Å². The van der Waals surface area contributed by atoms with E-state index in [1.807, 2.05) is 24.3 Å². The molecule has 1 fully saturated rings. The summed E-state index contributed by atoms with van der Waals surface area (Å²) in [5.41, 5.74) is 2.50. The van der Waals surface area contributed by atoms with Crippen molar-refractivity contribution in [2.45, 2.75) is 19.4 Å². The van der Waals surface area contributed by atoms with Crippen LogP contribution in [0.2, 0.25) is 0 Å². The summed E-state index contributed by atoms with van der Waals surface area (Å²) in [7, 11) is 5.21. The van der Waals surface area contributed by atoms with Gasteiger partial charge in [0.15, 0.2) is 0 Å². The highest BCUT2D eigenvalue weighted by atomic mass is 16.5. The van der Waals surface area contributed by atoms with Crippen molar-refractivity contribution >= 4 is 11.8 Å². The Kier molecular flexibility index (Phi) is 6.44. The molecule has 0 radical (unpaired) electrons. The quantitative estimate of drug-likeness (QED) is 0.556. The van der Waals surface area contributed by atoms with Crippen molar-refractivity contribution in [3.8, 4) is 16.9 Å². The lowest BCUT2D eigenvalue weighted by Crippen LogP contribution is -2.45. The van der Waals surface area contributed by atoms with Gasteiger partial charge in [-0.3, -0.25) is 9.59 Å². The molecule has 1 aromatic heterocycles. The Morgan fingerprint density at radius 2 is 1.88 bits per heavy atom. The van der Waals surface area contributed by atoms with Crippen molar-refractivity contribution in [2.24, 2.45) is 5.41 Å². The predicted octanol–water partition coefficient (Wildman–Crippen LogP) is 2.50. The number of aromatic nitrogens is 3. The van der Waals surface area contributed by atoms with E-state index in [1.54, 1.807) is 31.0 Å². The van der Waals surface area contributed by atoms with Crippen LogP contribution in [0.4, 0.5) is 0 Å². The average molecular weight is 448 g/mol. The Labute approximate surface area is 193 Å². The first-order valence-corrected chi connectivity index (χ1v) is 11.0. The normalized spacial score (nSPS) is 17.7. The molecule has 0 aliphatic carbocycles. The van der Waals surface area contributed by atoms with E-state index in [0.29, 0.717) is 25.9 Å². The molecule has 1 saturated heterocycles. The molecule has 1 atom stereocenters. The van der Waals surface area contributed by atoms with Gasteiger partial charge in [-0.2, -0.15) is 5.10 Å². The van der Waals surface area contributed by atoms with Gasteiger partial charge < -0.3 is 14.5 Å². The topological polar surface area (TPSA) is 80.6 Å². The molecular formula is C25H29N5O3. The number of carbonyl (C=O) groups excluding carboxylic acids is 2. The highest BCUT2D eigenvalue weighted by Gasteiger charge is 2.46. The van der Waals surface area contributed by atoms with Crippen LogP contribution in [0.3, 0.4) is 0 Å². The van der Waals surface area contributed by atoms with E-state index in [-0.39, 0.29) is 18.4 Å². The number of amides is 2. The van der Waals surface area contributed by atoms with Gasteiger partial charge in [0, 0.05) is 32.7 Å². The Balaban J connectivity index is 1.53. The van der Waals surface area contributed by atoms with Crippen LogP contribution in [0.15, 0.2) is 61.2 Å². The molecule has 8 nitrogen and oxygen atoms in total. The van der Waals surface area contributed by atoms with E-state index < -0.39 is 5.41 Å². The maximum absolute atomic E-state index is 13.3. The molecule has 8 heteroatoms. The smallest absolute Gasteiger partial charge is 0.244 e. The molecule has 0 saturated carbocycles. The van der Waals surface area contributed by atoms with Crippen molar-refractivity contribution in [3.63, 3.8) is 0 Å². The van der Waals surface area contributed by atoms with Gasteiger partial charge in [-0.1, -0.05) is 42.5 Å². The second kappa shape index (κ2) is 9.44. The zero-order valence-corrected chi connectivity index (χ0v) is 19.3. The molecule has 0 N–H and O–H groups in total. The van der Waals surface area contributed by atoms with Crippen molar-refractivity contribution in [2.75, 3.05) is 34.3 Å². The molecule has 0 spiro atoms. The lowest BCUT2D eigenvalue weighted by molar-refractivity contribution is -0.139. The van der Waals surface area contributed by atoms with Gasteiger partial charge in [0.2, 0.25) is 11.8 Å². The number of hydrogen-bond acceptors (Lipinski definition) is 5. The molecular weight excluding hydrogens is 418 g/mol. The van der Waals surface area contributed by atoms with Gasteiger partial charge in [0.1, 0.15) is 24.9 Å². The SMILES string of the molecule is COc1ccccc1-c1ccc(CC2(C(=O)N(C)C)CCN(C(=O)Cn3cncn3)C2)cc1. The average Bonchev–Trinajstić information content (AvgIpc) is 3.50. The van der Waals surface area contributed by atoms with Gasteiger partial charge >= 0.3 is 0 Å². The van der Waals surface area contributed by atoms with Crippen LogP contribution in [-0.4, -0.2) is 70.7 Å². The summed E-state index contributed by atoms with van der Waals surface area (Å²) in [5.74, 6) is 0.814. The Morgan fingerprint density at radius 1 is 1.12 bits per heavy atom. The van der Waals surface area contributed by atoms with Crippen molar-refractivity contribution < 1.29 is 14.3 Å². The number of carbonyl (C=O) groups is 2. The maximum Gasteiger partial charge on any atom is 0.244 e. The summed E-state index contributed by atoms with van der Waals surface area (Å²) >= 11 is 0. The largest absolute Gasteiger partial charge is 0.496 e. The van der Waals surface area contributed by atoms with E-state index in [9.17, 15) is 9.59 Å². The van der Waals surface area contributed by atoms with E-state index in [4.69, 9.17) is 4.74 Å². The van der Waals surface area contributed by atoms with E-state index in [2.05, 4.69) is 34.3 Å². The molecule has 1 aliphatic rings. The number of likely N-dealkylation sites (tertiary alicyclic amines) is 1. The van der Waals surface area contributed by atoms with Crippen LogP contribution < -0.4 is 4.74 Å². The number of para-hydroxylation sites is 1. The van der Waals surface area contributed by atoms with Crippen LogP contribution >= 0.6 is 0 Å². The molecule has 1 unspecified atom stereocenters. The minimum atomic E-state index is -0.645. The highest BCUT2D eigenvalue weighted by Crippen LogP contribution is 2.37. The molecule has 172 valence electrons. The lowest BCUT2D eigenvalue weighted by atomic mass is 9.79. The number of ether oxygens (including phenoxy) is 1. The molecule has 2 amide bonds. The monoisotopic (exact) mass is 447 g/mol. The third-order valence-electron chi connectivity index (χ3n) is 6.24. The molecule has 0 bridgehead atoms. The molecule has 4 rings (SSSR count). The van der Waals surface area contributed by atoms with Crippen LogP contribution in [0.5, 0.6) is 5.75 Å². The second-order valence-electron chi connectivity index (χ2n) is 8.71. The standard InChI is InChI=1S/C25H29N5O3/c1-28(2)24(32)25(12-13-29(16-25)23(31)15-30-18-26-17-27-30)14-19-8-10-20(11-9-19)21-6-4-5-7-22(21)33-3/h4-11,17-18H,12-16H2,1-3H3. The summed E-state index contributed by atoms with van der Waals surface area (Å²) in [6.45, 7) is 1.07. The molecule has 2 heterocycles. The van der Waals surface area contributed by atoms with Crippen LogP contribution in [0.25, 0.3) is 11.1 Å². The Morgan fingerprint density at radius 3 is 2.55 bits per heavy atom. The molecule has 2 aromatic carbocycles. The van der Waals surface area contributed by atoms with E-state index in [1.165, 1.54) is 17.3 Å². The zero-order valence-electron chi connectivity index (χ0n) is 19.3. The minimum absolute atomic E-state index is 0.0485. The first-order chi connectivity index (χ1) is 15.9. The van der Waals surface area contributed by atoms with Gasteiger partial charge in [-0.05, 0) is 30.0 Å². The fourth-order valence-electron chi connectivity index (χ4n) is 4.58. The number of benzene rings is 2. The summed E-state index contributed by atoms with van der Waals surface area (Å²) in [6, 6.07) is 16.1. The number of nitrogens with zero attached hydrogens (tertiary/aromatic N) is 5. The zero-order chi connectivity index (χ0) is 23.4. The van der Waals surface area contributed by atoms with Gasteiger partial charge in [-0.25, -0.2) is 9.67 Å². The van der Waals surface area contributed by atoms with Gasteiger partial charge in [0.25, 0.3) is 0 Å². The van der Waals surface area contributed by atoms with Crippen molar-refractivity contribution in [1.29, 1.82) is 0 Å². The van der Waals surface area contributed by atoms with Gasteiger partial charge in [0.05, 0.1) is 12.5 Å². The Bertz CT molecular complexity index is 1110. The minimum Gasteiger partial charge on any atom is -0.496 e. The Hall–Kier alpha value is -3.68. The fourth-order valence-corrected chi connectivity index (χ4v) is 4.58. The molecule has 3 aromatic rings. The van der Waals surface area contributed by atoms with Crippen LogP contribution in [0, 0.1) is 5.41 Å². The third-order valence-corrected chi connectivity index (χ3v) is 6.24. The number of rotatable bonds is 7.